The van der Waals surface area contributed by atoms with E-state index in [0.29, 0.717) is 5.02 Å². The zero-order valence-electron chi connectivity index (χ0n) is 16.4. The largest absolute Gasteiger partial charge is 0.369 e. The van der Waals surface area contributed by atoms with Crippen LogP contribution in [0.5, 0.6) is 0 Å². The zero-order valence-corrected chi connectivity index (χ0v) is 17.2. The molecular weight excluding hydrogens is 391 g/mol. The van der Waals surface area contributed by atoms with Gasteiger partial charge in [0.15, 0.2) is 0 Å². The lowest BCUT2D eigenvalue weighted by atomic mass is 10.1. The van der Waals surface area contributed by atoms with Crippen LogP contribution in [0.4, 0.5) is 15.8 Å². The number of aryl methyl sites for hydroxylation is 1. The molecular formula is C22H24ClFN4O. The van der Waals surface area contributed by atoms with E-state index in [4.69, 9.17) is 16.9 Å². The number of anilines is 2. The molecule has 7 heteroatoms. The van der Waals surface area contributed by atoms with Gasteiger partial charge in [-0.05, 0) is 36.8 Å². The van der Waals surface area contributed by atoms with E-state index >= 15 is 0 Å². The van der Waals surface area contributed by atoms with E-state index in [0.717, 1.165) is 31.9 Å². The number of piperazine rings is 1. The highest BCUT2D eigenvalue weighted by Gasteiger charge is 2.24. The van der Waals surface area contributed by atoms with E-state index in [1.165, 1.54) is 16.5 Å². The van der Waals surface area contributed by atoms with Gasteiger partial charge in [0.25, 0.3) is 0 Å². The van der Waals surface area contributed by atoms with Crippen molar-refractivity contribution in [1.82, 2.24) is 4.90 Å². The number of carbonyl (C=O) groups is 1. The first-order chi connectivity index (χ1) is 14.0. The number of rotatable bonds is 6. The number of hydrogen-bond donors (Lipinski definition) is 0. The van der Waals surface area contributed by atoms with E-state index in [1.54, 1.807) is 18.2 Å². The number of benzene rings is 2. The second-order valence-electron chi connectivity index (χ2n) is 7.10. The summed E-state index contributed by atoms with van der Waals surface area (Å²) in [6.45, 7) is 5.45. The molecule has 0 saturated carbocycles. The molecule has 1 aliphatic heterocycles. The number of nitrogens with zero attached hydrogens (tertiary/aromatic N) is 4. The van der Waals surface area contributed by atoms with Crippen molar-refractivity contribution in [2.75, 3.05) is 49.1 Å². The Morgan fingerprint density at radius 3 is 2.62 bits per heavy atom. The van der Waals surface area contributed by atoms with Gasteiger partial charge in [0.2, 0.25) is 5.91 Å². The maximum atomic E-state index is 14.2. The topological polar surface area (TPSA) is 50.6 Å². The van der Waals surface area contributed by atoms with Crippen LogP contribution in [0, 0.1) is 24.1 Å². The molecule has 1 aliphatic rings. The first-order valence-corrected chi connectivity index (χ1v) is 10.0. The summed E-state index contributed by atoms with van der Waals surface area (Å²) in [6, 6.07) is 14.1. The van der Waals surface area contributed by atoms with Gasteiger partial charge in [-0.1, -0.05) is 29.8 Å². The maximum absolute atomic E-state index is 14.2. The molecule has 1 heterocycles. The Bertz CT molecular complexity index is 906. The standard InChI is InChI=1S/C22H24ClFN4O/c1-17-7-8-18(23)15-21(17)27-13-11-26(12-14-27)16-22(29)28(10-4-9-25)20-6-3-2-5-19(20)24/h2-3,5-8,15H,4,10-14,16H2,1H3. The molecule has 2 aromatic rings. The Morgan fingerprint density at radius 1 is 1.21 bits per heavy atom. The van der Waals surface area contributed by atoms with Crippen molar-refractivity contribution in [2.45, 2.75) is 13.3 Å². The summed E-state index contributed by atoms with van der Waals surface area (Å²) < 4.78 is 14.2. The molecule has 0 bridgehead atoms. The number of hydrogen-bond acceptors (Lipinski definition) is 4. The summed E-state index contributed by atoms with van der Waals surface area (Å²) in [4.78, 5) is 18.6. The third kappa shape index (κ3) is 5.26. The van der Waals surface area contributed by atoms with Gasteiger partial charge in [0, 0.05) is 43.4 Å². The molecule has 0 spiro atoms. The van der Waals surface area contributed by atoms with E-state index in [-0.39, 0.29) is 31.1 Å². The van der Waals surface area contributed by atoms with Gasteiger partial charge in [0.1, 0.15) is 5.82 Å². The predicted molar refractivity (Wildman–Crippen MR) is 114 cm³/mol. The summed E-state index contributed by atoms with van der Waals surface area (Å²) in [7, 11) is 0. The summed E-state index contributed by atoms with van der Waals surface area (Å²) in [5.74, 6) is -0.655. The lowest BCUT2D eigenvalue weighted by molar-refractivity contribution is -0.119. The summed E-state index contributed by atoms with van der Waals surface area (Å²) in [6.07, 6.45) is 0.155. The van der Waals surface area contributed by atoms with E-state index < -0.39 is 5.82 Å². The number of carbonyl (C=O) groups excluding carboxylic acids is 1. The second kappa shape index (κ2) is 9.73. The number of halogens is 2. The molecule has 1 saturated heterocycles. The monoisotopic (exact) mass is 414 g/mol. The molecule has 0 unspecified atom stereocenters. The molecule has 2 aromatic carbocycles. The normalized spacial score (nSPS) is 14.5. The molecule has 0 N–H and O–H groups in total. The molecule has 0 aliphatic carbocycles. The minimum absolute atomic E-state index is 0.155. The van der Waals surface area contributed by atoms with Crippen molar-refractivity contribution in [1.29, 1.82) is 5.26 Å². The highest BCUT2D eigenvalue weighted by Crippen LogP contribution is 2.25. The van der Waals surface area contributed by atoms with Crippen LogP contribution < -0.4 is 9.80 Å². The first-order valence-electron chi connectivity index (χ1n) is 9.65. The SMILES string of the molecule is Cc1ccc(Cl)cc1N1CCN(CC(=O)N(CCC#N)c2ccccc2F)CC1. The van der Waals surface area contributed by atoms with Crippen molar-refractivity contribution < 1.29 is 9.18 Å². The van der Waals surface area contributed by atoms with Crippen LogP contribution >= 0.6 is 11.6 Å². The molecule has 0 radical (unpaired) electrons. The lowest BCUT2D eigenvalue weighted by Crippen LogP contribution is -2.50. The quantitative estimate of drug-likeness (QED) is 0.720. The Balaban J connectivity index is 1.63. The fraction of sp³-hybridized carbons (Fsp3) is 0.364. The Morgan fingerprint density at radius 2 is 1.93 bits per heavy atom. The van der Waals surface area contributed by atoms with Gasteiger partial charge >= 0.3 is 0 Å². The van der Waals surface area contributed by atoms with Gasteiger partial charge in [0.05, 0.1) is 24.7 Å². The fourth-order valence-corrected chi connectivity index (χ4v) is 3.73. The van der Waals surface area contributed by atoms with Crippen LogP contribution in [0.25, 0.3) is 0 Å². The predicted octanol–water partition coefficient (Wildman–Crippen LogP) is 3.86. The van der Waals surface area contributed by atoms with Crippen molar-refractivity contribution >= 4 is 28.9 Å². The summed E-state index contributed by atoms with van der Waals surface area (Å²) in [5.41, 5.74) is 2.51. The van der Waals surface area contributed by atoms with Crippen LogP contribution in [0.3, 0.4) is 0 Å². The molecule has 5 nitrogen and oxygen atoms in total. The molecule has 0 aromatic heterocycles. The van der Waals surface area contributed by atoms with E-state index in [1.807, 2.05) is 24.3 Å². The zero-order chi connectivity index (χ0) is 20.8. The smallest absolute Gasteiger partial charge is 0.241 e. The molecule has 1 fully saturated rings. The van der Waals surface area contributed by atoms with Crippen molar-refractivity contribution in [2.24, 2.45) is 0 Å². The van der Waals surface area contributed by atoms with Gasteiger partial charge in [-0.2, -0.15) is 5.26 Å². The van der Waals surface area contributed by atoms with Crippen LogP contribution in [0.15, 0.2) is 42.5 Å². The molecule has 152 valence electrons. The van der Waals surface area contributed by atoms with Gasteiger partial charge in [-0.15, -0.1) is 0 Å². The van der Waals surface area contributed by atoms with Crippen LogP contribution in [0.1, 0.15) is 12.0 Å². The lowest BCUT2D eigenvalue weighted by Gasteiger charge is -2.37. The van der Waals surface area contributed by atoms with E-state index in [9.17, 15) is 9.18 Å². The van der Waals surface area contributed by atoms with Crippen LogP contribution in [-0.2, 0) is 4.79 Å². The maximum Gasteiger partial charge on any atom is 0.241 e. The average molecular weight is 415 g/mol. The number of nitriles is 1. The molecule has 1 amide bonds. The fourth-order valence-electron chi connectivity index (χ4n) is 3.56. The van der Waals surface area contributed by atoms with Crippen LogP contribution in [0.2, 0.25) is 5.02 Å². The Kier molecular flexibility index (Phi) is 7.08. The Labute approximate surface area is 175 Å². The third-order valence-corrected chi connectivity index (χ3v) is 5.37. The summed E-state index contributed by atoms with van der Waals surface area (Å²) in [5, 5.41) is 9.62. The van der Waals surface area contributed by atoms with Gasteiger partial charge in [-0.25, -0.2) is 4.39 Å². The summed E-state index contributed by atoms with van der Waals surface area (Å²) >= 11 is 6.14. The minimum atomic E-state index is -0.458. The van der Waals surface area contributed by atoms with Crippen molar-refractivity contribution in [3.8, 4) is 6.07 Å². The Hall–Kier alpha value is -2.62. The molecule has 29 heavy (non-hydrogen) atoms. The average Bonchev–Trinajstić information content (AvgIpc) is 2.72. The molecule has 0 atom stereocenters. The minimum Gasteiger partial charge on any atom is -0.369 e. The highest BCUT2D eigenvalue weighted by molar-refractivity contribution is 6.30. The molecule has 3 rings (SSSR count). The van der Waals surface area contributed by atoms with Gasteiger partial charge < -0.3 is 9.80 Å². The van der Waals surface area contributed by atoms with Crippen molar-refractivity contribution in [3.63, 3.8) is 0 Å². The van der Waals surface area contributed by atoms with Crippen molar-refractivity contribution in [3.05, 3.63) is 58.9 Å². The number of amides is 1. The highest BCUT2D eigenvalue weighted by atomic mass is 35.5. The third-order valence-electron chi connectivity index (χ3n) is 5.13. The van der Waals surface area contributed by atoms with Crippen LogP contribution in [-0.4, -0.2) is 50.1 Å². The number of para-hydroxylation sites is 1. The second-order valence-corrected chi connectivity index (χ2v) is 7.54. The van der Waals surface area contributed by atoms with E-state index in [2.05, 4.69) is 16.7 Å². The van der Waals surface area contributed by atoms with Gasteiger partial charge in [-0.3, -0.25) is 9.69 Å². The first kappa shape index (κ1) is 21.1.